The molecule has 1 N–H and O–H groups in total. The van der Waals surface area contributed by atoms with E-state index in [2.05, 4.69) is 5.92 Å². The van der Waals surface area contributed by atoms with Crippen LogP contribution in [0.1, 0.15) is 5.56 Å². The highest BCUT2D eigenvalue weighted by molar-refractivity contribution is 6.30. The fourth-order valence-corrected chi connectivity index (χ4v) is 0.963. The number of terminal acetylenes is 1. The standard InChI is InChI=1S/C9H7ClO/c1-2-3-7-4-5-8(10)6-9(7)11/h1,4-6,11H,3H2. The first-order valence-corrected chi connectivity index (χ1v) is 3.52. The van der Waals surface area contributed by atoms with Crippen molar-refractivity contribution in [2.75, 3.05) is 0 Å². The summed E-state index contributed by atoms with van der Waals surface area (Å²) < 4.78 is 0. The summed E-state index contributed by atoms with van der Waals surface area (Å²) in [4.78, 5) is 0. The summed E-state index contributed by atoms with van der Waals surface area (Å²) in [6.07, 6.45) is 5.51. The number of rotatable bonds is 1. The largest absolute Gasteiger partial charge is 0.508 e. The van der Waals surface area contributed by atoms with Gasteiger partial charge < -0.3 is 5.11 Å². The maximum absolute atomic E-state index is 9.24. The van der Waals surface area contributed by atoms with Gasteiger partial charge in [-0.2, -0.15) is 0 Å². The summed E-state index contributed by atoms with van der Waals surface area (Å²) in [5.41, 5.74) is 0.733. The highest BCUT2D eigenvalue weighted by Crippen LogP contribution is 2.21. The van der Waals surface area contributed by atoms with Crippen LogP contribution in [0.3, 0.4) is 0 Å². The minimum atomic E-state index is 0.162. The van der Waals surface area contributed by atoms with E-state index in [1.54, 1.807) is 12.1 Å². The molecule has 0 heterocycles. The first kappa shape index (κ1) is 7.97. The molecule has 0 aliphatic carbocycles. The van der Waals surface area contributed by atoms with E-state index in [-0.39, 0.29) is 5.75 Å². The van der Waals surface area contributed by atoms with Gasteiger partial charge in [-0.05, 0) is 12.1 Å². The molecule has 0 saturated heterocycles. The fourth-order valence-electron chi connectivity index (χ4n) is 0.796. The van der Waals surface area contributed by atoms with E-state index in [1.165, 1.54) is 6.07 Å². The molecule has 0 atom stereocenters. The van der Waals surface area contributed by atoms with Gasteiger partial charge in [-0.15, -0.1) is 12.3 Å². The van der Waals surface area contributed by atoms with Crippen LogP contribution in [0, 0.1) is 12.3 Å². The molecule has 0 aliphatic heterocycles. The van der Waals surface area contributed by atoms with Crippen LogP contribution < -0.4 is 0 Å². The lowest BCUT2D eigenvalue weighted by atomic mass is 10.1. The van der Waals surface area contributed by atoms with Crippen molar-refractivity contribution in [1.29, 1.82) is 0 Å². The van der Waals surface area contributed by atoms with Crippen LogP contribution in [0.2, 0.25) is 5.02 Å². The van der Waals surface area contributed by atoms with Gasteiger partial charge in [-0.1, -0.05) is 17.7 Å². The summed E-state index contributed by atoms with van der Waals surface area (Å²) in [6, 6.07) is 4.90. The molecule has 0 aromatic heterocycles. The van der Waals surface area contributed by atoms with Gasteiger partial charge in [-0.25, -0.2) is 0 Å². The molecule has 0 saturated carbocycles. The molecule has 1 nitrogen and oxygen atoms in total. The smallest absolute Gasteiger partial charge is 0.121 e. The van der Waals surface area contributed by atoms with Gasteiger partial charge in [0, 0.05) is 17.0 Å². The van der Waals surface area contributed by atoms with Crippen LogP contribution in [0.5, 0.6) is 5.75 Å². The third-order valence-electron chi connectivity index (χ3n) is 1.34. The molecule has 0 fully saturated rings. The average Bonchev–Trinajstić information content (AvgIpc) is 1.95. The Balaban J connectivity index is 3.01. The van der Waals surface area contributed by atoms with Crippen molar-refractivity contribution in [3.8, 4) is 18.1 Å². The minimum absolute atomic E-state index is 0.162. The van der Waals surface area contributed by atoms with Gasteiger partial charge in [0.05, 0.1) is 0 Å². The van der Waals surface area contributed by atoms with Crippen LogP contribution in [0.4, 0.5) is 0 Å². The molecule has 0 radical (unpaired) electrons. The Morgan fingerprint density at radius 3 is 2.82 bits per heavy atom. The van der Waals surface area contributed by atoms with Gasteiger partial charge in [-0.3, -0.25) is 0 Å². The maximum atomic E-state index is 9.24. The quantitative estimate of drug-likeness (QED) is 0.635. The number of benzene rings is 1. The van der Waals surface area contributed by atoms with Crippen LogP contribution in [-0.4, -0.2) is 5.11 Å². The van der Waals surface area contributed by atoms with Crippen molar-refractivity contribution < 1.29 is 5.11 Å². The van der Waals surface area contributed by atoms with E-state index < -0.39 is 0 Å². The molecule has 0 aliphatic rings. The van der Waals surface area contributed by atoms with Crippen molar-refractivity contribution in [2.45, 2.75) is 6.42 Å². The van der Waals surface area contributed by atoms with Crippen LogP contribution >= 0.6 is 11.6 Å². The predicted molar refractivity (Wildman–Crippen MR) is 45.7 cm³/mol. The Morgan fingerprint density at radius 2 is 2.27 bits per heavy atom. The Labute approximate surface area is 70.6 Å². The highest BCUT2D eigenvalue weighted by Gasteiger charge is 1.98. The topological polar surface area (TPSA) is 20.2 Å². The number of phenolic OH excluding ortho intramolecular Hbond substituents is 1. The van der Waals surface area contributed by atoms with E-state index in [9.17, 15) is 5.11 Å². The zero-order valence-electron chi connectivity index (χ0n) is 5.84. The normalized spacial score (nSPS) is 9.09. The van der Waals surface area contributed by atoms with Gasteiger partial charge in [0.25, 0.3) is 0 Å². The predicted octanol–water partition coefficient (Wildman–Crippen LogP) is 2.22. The van der Waals surface area contributed by atoms with Crippen molar-refractivity contribution in [2.24, 2.45) is 0 Å². The second-order valence-electron chi connectivity index (χ2n) is 2.15. The summed E-state index contributed by atoms with van der Waals surface area (Å²) in [5.74, 6) is 2.60. The average molecular weight is 167 g/mol. The lowest BCUT2D eigenvalue weighted by Crippen LogP contribution is -1.81. The van der Waals surface area contributed by atoms with Crippen molar-refractivity contribution >= 4 is 11.6 Å². The lowest BCUT2D eigenvalue weighted by Gasteiger charge is -1.99. The summed E-state index contributed by atoms with van der Waals surface area (Å²) in [7, 11) is 0. The molecule has 0 spiro atoms. The molecule has 1 rings (SSSR count). The Hall–Kier alpha value is -1.13. The summed E-state index contributed by atoms with van der Waals surface area (Å²) >= 11 is 5.61. The number of phenols is 1. The minimum Gasteiger partial charge on any atom is -0.508 e. The number of halogens is 1. The third kappa shape index (κ3) is 1.89. The number of aromatic hydroxyl groups is 1. The van der Waals surface area contributed by atoms with E-state index >= 15 is 0 Å². The van der Waals surface area contributed by atoms with Gasteiger partial charge in [0.1, 0.15) is 5.75 Å². The van der Waals surface area contributed by atoms with Crippen molar-refractivity contribution in [3.05, 3.63) is 28.8 Å². The zero-order chi connectivity index (χ0) is 8.27. The second kappa shape index (κ2) is 3.32. The van der Waals surface area contributed by atoms with Crippen LogP contribution in [0.15, 0.2) is 18.2 Å². The molecular weight excluding hydrogens is 160 g/mol. The van der Waals surface area contributed by atoms with Gasteiger partial charge in [0.15, 0.2) is 0 Å². The fraction of sp³-hybridized carbons (Fsp3) is 0.111. The van der Waals surface area contributed by atoms with Gasteiger partial charge in [0.2, 0.25) is 0 Å². The van der Waals surface area contributed by atoms with E-state index in [0.29, 0.717) is 11.4 Å². The lowest BCUT2D eigenvalue weighted by molar-refractivity contribution is 0.470. The first-order valence-electron chi connectivity index (χ1n) is 3.15. The van der Waals surface area contributed by atoms with Crippen molar-refractivity contribution in [1.82, 2.24) is 0 Å². The zero-order valence-corrected chi connectivity index (χ0v) is 6.60. The summed E-state index contributed by atoms with van der Waals surface area (Å²) in [6.45, 7) is 0. The van der Waals surface area contributed by atoms with Crippen LogP contribution in [0.25, 0.3) is 0 Å². The summed E-state index contributed by atoms with van der Waals surface area (Å²) in [5, 5.41) is 9.76. The van der Waals surface area contributed by atoms with E-state index in [1.807, 2.05) is 0 Å². The van der Waals surface area contributed by atoms with E-state index in [4.69, 9.17) is 18.0 Å². The Kier molecular flexibility index (Phi) is 2.40. The SMILES string of the molecule is C#CCc1ccc(Cl)cc1O. The molecule has 56 valence electrons. The van der Waals surface area contributed by atoms with E-state index in [0.717, 1.165) is 5.56 Å². The second-order valence-corrected chi connectivity index (χ2v) is 2.59. The Morgan fingerprint density at radius 1 is 1.55 bits per heavy atom. The Bertz CT molecular complexity index is 299. The van der Waals surface area contributed by atoms with Gasteiger partial charge >= 0.3 is 0 Å². The number of hydrogen-bond donors (Lipinski definition) is 1. The molecule has 2 heteroatoms. The number of hydrogen-bond acceptors (Lipinski definition) is 1. The van der Waals surface area contributed by atoms with Crippen LogP contribution in [-0.2, 0) is 6.42 Å². The molecule has 0 bridgehead atoms. The third-order valence-corrected chi connectivity index (χ3v) is 1.57. The first-order chi connectivity index (χ1) is 5.24. The van der Waals surface area contributed by atoms with Crippen molar-refractivity contribution in [3.63, 3.8) is 0 Å². The molecule has 1 aromatic rings. The molecule has 0 unspecified atom stereocenters. The molecule has 11 heavy (non-hydrogen) atoms. The molecule has 1 aromatic carbocycles. The highest BCUT2D eigenvalue weighted by atomic mass is 35.5. The monoisotopic (exact) mass is 166 g/mol. The maximum Gasteiger partial charge on any atom is 0.121 e. The molecule has 0 amide bonds. The molecular formula is C9H7ClO.